The third-order valence-electron chi connectivity index (χ3n) is 4.23. The van der Waals surface area contributed by atoms with Crippen LogP contribution in [0.3, 0.4) is 0 Å². The maximum absolute atomic E-state index is 13.3. The van der Waals surface area contributed by atoms with Crippen LogP contribution in [-0.2, 0) is 4.79 Å². The maximum Gasteiger partial charge on any atom is 0.232 e. The van der Waals surface area contributed by atoms with Gasteiger partial charge in [-0.25, -0.2) is 8.78 Å². The van der Waals surface area contributed by atoms with Crippen LogP contribution < -0.4 is 4.90 Å². The number of amides is 1. The number of rotatable bonds is 3. The van der Waals surface area contributed by atoms with E-state index in [9.17, 15) is 13.6 Å². The van der Waals surface area contributed by atoms with Gasteiger partial charge < -0.3 is 9.42 Å². The number of aromatic nitrogens is 2. The largest absolute Gasteiger partial charge is 0.339 e. The second-order valence-electron chi connectivity index (χ2n) is 5.97. The molecular formula is C18H12ClF2N3O2. The predicted octanol–water partition coefficient (Wildman–Crippen LogP) is 4.19. The summed E-state index contributed by atoms with van der Waals surface area (Å²) in [6.07, 6.45) is 0.194. The van der Waals surface area contributed by atoms with Gasteiger partial charge in [-0.1, -0.05) is 16.8 Å². The fourth-order valence-corrected chi connectivity index (χ4v) is 3.07. The molecule has 1 fully saturated rings. The Hall–Kier alpha value is -2.80. The standard InChI is InChI=1S/C18H12ClF2N3O2/c19-14-8-13(5-6-15(14)21)24-9-11(7-16(24)25)18-22-17(23-26-18)10-1-3-12(20)4-2-10/h1-6,8,11H,7,9H2. The summed E-state index contributed by atoms with van der Waals surface area (Å²) >= 11 is 5.80. The van der Waals surface area contributed by atoms with Crippen LogP contribution in [0.2, 0.25) is 5.02 Å². The lowest BCUT2D eigenvalue weighted by Crippen LogP contribution is -2.24. The van der Waals surface area contributed by atoms with E-state index in [0.717, 1.165) is 0 Å². The van der Waals surface area contributed by atoms with Gasteiger partial charge >= 0.3 is 0 Å². The van der Waals surface area contributed by atoms with Gasteiger partial charge in [-0.15, -0.1) is 0 Å². The van der Waals surface area contributed by atoms with Crippen molar-refractivity contribution in [3.8, 4) is 11.4 Å². The lowest BCUT2D eigenvalue weighted by atomic mass is 10.1. The minimum atomic E-state index is -0.542. The molecular weight excluding hydrogens is 364 g/mol. The fourth-order valence-electron chi connectivity index (χ4n) is 2.89. The van der Waals surface area contributed by atoms with E-state index in [1.807, 2.05) is 0 Å². The summed E-state index contributed by atoms with van der Waals surface area (Å²) in [5.74, 6) is -0.664. The van der Waals surface area contributed by atoms with E-state index in [1.54, 1.807) is 12.1 Å². The van der Waals surface area contributed by atoms with Gasteiger partial charge in [0.15, 0.2) is 0 Å². The van der Waals surface area contributed by atoms with Gasteiger partial charge in [0.1, 0.15) is 11.6 Å². The van der Waals surface area contributed by atoms with Crippen LogP contribution in [0.5, 0.6) is 0 Å². The number of benzene rings is 2. The van der Waals surface area contributed by atoms with Crippen molar-refractivity contribution in [3.05, 3.63) is 65.0 Å². The van der Waals surface area contributed by atoms with E-state index in [0.29, 0.717) is 29.5 Å². The topological polar surface area (TPSA) is 59.2 Å². The highest BCUT2D eigenvalue weighted by Gasteiger charge is 2.35. The third kappa shape index (κ3) is 3.06. The molecule has 0 radical (unpaired) electrons. The zero-order chi connectivity index (χ0) is 18.3. The van der Waals surface area contributed by atoms with Crippen LogP contribution in [0.15, 0.2) is 47.0 Å². The van der Waals surface area contributed by atoms with E-state index in [1.165, 1.54) is 35.2 Å². The Morgan fingerprint density at radius 2 is 1.92 bits per heavy atom. The molecule has 1 aromatic heterocycles. The predicted molar refractivity (Wildman–Crippen MR) is 90.8 cm³/mol. The number of carbonyl (C=O) groups is 1. The average Bonchev–Trinajstić information content (AvgIpc) is 3.25. The molecule has 1 atom stereocenters. The number of anilines is 1. The monoisotopic (exact) mass is 375 g/mol. The molecule has 1 unspecified atom stereocenters. The van der Waals surface area contributed by atoms with Crippen molar-refractivity contribution in [2.75, 3.05) is 11.4 Å². The van der Waals surface area contributed by atoms with Crippen molar-refractivity contribution in [2.24, 2.45) is 0 Å². The Labute approximate surface area is 152 Å². The normalized spacial score (nSPS) is 17.1. The first-order valence-corrected chi connectivity index (χ1v) is 8.24. The Morgan fingerprint density at radius 1 is 1.15 bits per heavy atom. The number of hydrogen-bond donors (Lipinski definition) is 0. The number of halogens is 3. The van der Waals surface area contributed by atoms with Crippen LogP contribution in [0, 0.1) is 11.6 Å². The summed E-state index contributed by atoms with van der Waals surface area (Å²) in [6.45, 7) is 0.325. The summed E-state index contributed by atoms with van der Waals surface area (Å²) in [5.41, 5.74) is 1.13. The minimum Gasteiger partial charge on any atom is -0.339 e. The number of hydrogen-bond acceptors (Lipinski definition) is 4. The molecule has 0 spiro atoms. The van der Waals surface area contributed by atoms with Gasteiger partial charge in [0, 0.05) is 24.2 Å². The molecule has 1 aliphatic rings. The zero-order valence-corrected chi connectivity index (χ0v) is 14.1. The molecule has 132 valence electrons. The molecule has 8 heteroatoms. The Bertz CT molecular complexity index is 975. The van der Waals surface area contributed by atoms with Crippen LogP contribution >= 0.6 is 11.6 Å². The molecule has 1 amide bonds. The van der Waals surface area contributed by atoms with E-state index < -0.39 is 5.82 Å². The summed E-state index contributed by atoms with van der Waals surface area (Å²) < 4.78 is 31.6. The lowest BCUT2D eigenvalue weighted by Gasteiger charge is -2.16. The zero-order valence-electron chi connectivity index (χ0n) is 13.3. The quantitative estimate of drug-likeness (QED) is 0.688. The fraction of sp³-hybridized carbons (Fsp3) is 0.167. The number of carbonyl (C=O) groups excluding carboxylic acids is 1. The summed E-state index contributed by atoms with van der Waals surface area (Å²) in [4.78, 5) is 18.2. The summed E-state index contributed by atoms with van der Waals surface area (Å²) in [5, 5.41) is 3.85. The van der Waals surface area contributed by atoms with E-state index in [-0.39, 0.29) is 29.1 Å². The second-order valence-corrected chi connectivity index (χ2v) is 6.37. The van der Waals surface area contributed by atoms with Crippen LogP contribution in [0.4, 0.5) is 14.5 Å². The molecule has 26 heavy (non-hydrogen) atoms. The van der Waals surface area contributed by atoms with Gasteiger partial charge in [0.2, 0.25) is 17.6 Å². The number of nitrogens with zero attached hydrogens (tertiary/aromatic N) is 3. The molecule has 4 rings (SSSR count). The van der Waals surface area contributed by atoms with Gasteiger partial charge in [-0.05, 0) is 42.5 Å². The van der Waals surface area contributed by atoms with Crippen molar-refractivity contribution < 1.29 is 18.1 Å². The average molecular weight is 376 g/mol. The van der Waals surface area contributed by atoms with Gasteiger partial charge in [0.05, 0.1) is 10.9 Å². The minimum absolute atomic E-state index is 0.0462. The summed E-state index contributed by atoms with van der Waals surface area (Å²) in [6, 6.07) is 9.86. The Kier molecular flexibility index (Phi) is 4.16. The maximum atomic E-state index is 13.3. The van der Waals surface area contributed by atoms with Crippen molar-refractivity contribution in [1.82, 2.24) is 10.1 Å². The van der Waals surface area contributed by atoms with Crippen LogP contribution in [0.25, 0.3) is 11.4 Å². The highest BCUT2D eigenvalue weighted by molar-refractivity contribution is 6.31. The van der Waals surface area contributed by atoms with E-state index in [4.69, 9.17) is 16.1 Å². The SMILES string of the molecule is O=C1CC(c2nc(-c3ccc(F)cc3)no2)CN1c1ccc(F)c(Cl)c1. The molecule has 2 heterocycles. The molecule has 5 nitrogen and oxygen atoms in total. The lowest BCUT2D eigenvalue weighted by molar-refractivity contribution is -0.117. The molecule has 1 saturated heterocycles. The van der Waals surface area contributed by atoms with Crippen LogP contribution in [-0.4, -0.2) is 22.6 Å². The molecule has 0 aliphatic carbocycles. The van der Waals surface area contributed by atoms with Gasteiger partial charge in [-0.3, -0.25) is 4.79 Å². The first-order chi connectivity index (χ1) is 12.5. The van der Waals surface area contributed by atoms with Crippen molar-refractivity contribution >= 4 is 23.2 Å². The molecule has 2 aromatic carbocycles. The first-order valence-electron chi connectivity index (χ1n) is 7.86. The van der Waals surface area contributed by atoms with Crippen molar-refractivity contribution in [1.29, 1.82) is 0 Å². The molecule has 0 saturated carbocycles. The molecule has 1 aliphatic heterocycles. The Balaban J connectivity index is 1.55. The first kappa shape index (κ1) is 16.7. The van der Waals surface area contributed by atoms with E-state index in [2.05, 4.69) is 10.1 Å². The van der Waals surface area contributed by atoms with Gasteiger partial charge in [0.25, 0.3) is 0 Å². The van der Waals surface area contributed by atoms with Crippen molar-refractivity contribution in [2.45, 2.75) is 12.3 Å². The smallest absolute Gasteiger partial charge is 0.232 e. The third-order valence-corrected chi connectivity index (χ3v) is 4.52. The molecule has 3 aromatic rings. The highest BCUT2D eigenvalue weighted by atomic mass is 35.5. The highest BCUT2D eigenvalue weighted by Crippen LogP contribution is 2.33. The molecule has 0 bridgehead atoms. The van der Waals surface area contributed by atoms with Crippen molar-refractivity contribution in [3.63, 3.8) is 0 Å². The molecule has 0 N–H and O–H groups in total. The Morgan fingerprint density at radius 3 is 2.65 bits per heavy atom. The van der Waals surface area contributed by atoms with Gasteiger partial charge in [-0.2, -0.15) is 4.98 Å². The van der Waals surface area contributed by atoms with Crippen LogP contribution in [0.1, 0.15) is 18.2 Å². The second kappa shape index (κ2) is 6.49. The van der Waals surface area contributed by atoms with E-state index >= 15 is 0 Å². The summed E-state index contributed by atoms with van der Waals surface area (Å²) in [7, 11) is 0.